The van der Waals surface area contributed by atoms with Crippen LogP contribution in [0.5, 0.6) is 0 Å². The molecule has 2 N–H and O–H groups in total. The van der Waals surface area contributed by atoms with Crippen LogP contribution in [0.15, 0.2) is 18.1 Å². The molecule has 72 valence electrons. The average Bonchev–Trinajstić information content (AvgIpc) is 2.61. The second-order valence-electron chi connectivity index (χ2n) is 2.91. The molecule has 14 heavy (non-hydrogen) atoms. The van der Waals surface area contributed by atoms with Crippen LogP contribution in [0.25, 0.3) is 6.08 Å². The van der Waals surface area contributed by atoms with Gasteiger partial charge >= 0.3 is 6.03 Å². The summed E-state index contributed by atoms with van der Waals surface area (Å²) < 4.78 is 1.61. The quantitative estimate of drug-likeness (QED) is 0.469. The Morgan fingerprint density at radius 1 is 1.43 bits per heavy atom. The molecule has 0 unspecified atom stereocenters. The van der Waals surface area contributed by atoms with Crippen molar-refractivity contribution in [2.75, 3.05) is 0 Å². The molecule has 6 nitrogen and oxygen atoms in total. The smallest absolute Gasteiger partial charge is 0.303 e. The lowest BCUT2D eigenvalue weighted by Crippen LogP contribution is -2.22. The Morgan fingerprint density at radius 3 is 2.71 bits per heavy atom. The van der Waals surface area contributed by atoms with E-state index in [2.05, 4.69) is 15.7 Å². The van der Waals surface area contributed by atoms with Crippen LogP contribution in [0, 0.1) is 0 Å². The number of hydrogen-bond acceptors (Lipinski definition) is 3. The minimum Gasteiger partial charge on any atom is -0.303 e. The summed E-state index contributed by atoms with van der Waals surface area (Å²) in [7, 11) is 1.77. The molecule has 0 aromatic carbocycles. The van der Waals surface area contributed by atoms with Crippen molar-refractivity contribution in [1.82, 2.24) is 20.4 Å². The van der Waals surface area contributed by atoms with Crippen molar-refractivity contribution in [3.8, 4) is 0 Å². The third-order valence-electron chi connectivity index (χ3n) is 1.76. The van der Waals surface area contributed by atoms with Gasteiger partial charge in [-0.25, -0.2) is 4.79 Å². The third-order valence-corrected chi connectivity index (χ3v) is 1.76. The van der Waals surface area contributed by atoms with Gasteiger partial charge in [-0.2, -0.15) is 5.10 Å². The first-order valence-corrected chi connectivity index (χ1v) is 3.98. The van der Waals surface area contributed by atoms with Gasteiger partial charge in [-0.05, 0) is 6.08 Å². The van der Waals surface area contributed by atoms with Gasteiger partial charge in [0.15, 0.2) is 0 Å². The summed E-state index contributed by atoms with van der Waals surface area (Å²) in [5, 5.41) is 8.43. The van der Waals surface area contributed by atoms with Crippen LogP contribution in [0.1, 0.15) is 5.56 Å². The molecule has 1 saturated heterocycles. The van der Waals surface area contributed by atoms with Gasteiger partial charge in [-0.3, -0.25) is 14.8 Å². The lowest BCUT2D eigenvalue weighted by molar-refractivity contribution is -0.115. The first-order valence-electron chi connectivity index (χ1n) is 3.98. The van der Waals surface area contributed by atoms with E-state index in [1.165, 1.54) is 0 Å². The monoisotopic (exact) mass is 192 g/mol. The number of nitrogens with one attached hydrogen (secondary N) is 2. The molecule has 1 aromatic rings. The average molecular weight is 192 g/mol. The van der Waals surface area contributed by atoms with Crippen molar-refractivity contribution < 1.29 is 9.59 Å². The lowest BCUT2D eigenvalue weighted by atomic mass is 10.3. The SMILES string of the molecule is Cn1cc(/C=C2\NC(=O)NC2=O)cn1. The van der Waals surface area contributed by atoms with Crippen molar-refractivity contribution in [3.63, 3.8) is 0 Å². The molecule has 0 spiro atoms. The molecule has 6 heteroatoms. The summed E-state index contributed by atoms with van der Waals surface area (Å²) in [6.45, 7) is 0. The molecule has 1 aromatic heterocycles. The van der Waals surface area contributed by atoms with Crippen molar-refractivity contribution in [2.45, 2.75) is 0 Å². The predicted octanol–water partition coefficient (Wildman–Crippen LogP) is -0.400. The van der Waals surface area contributed by atoms with Gasteiger partial charge in [0.2, 0.25) is 0 Å². The molecule has 1 aliphatic heterocycles. The standard InChI is InChI=1S/C8H8N4O2/c1-12-4-5(3-9-12)2-6-7(13)11-8(14)10-6/h2-4H,1H3,(H2,10,11,13,14)/b6-2-. The van der Waals surface area contributed by atoms with Crippen LogP contribution in [-0.2, 0) is 11.8 Å². The Labute approximate surface area is 79.6 Å². The maximum absolute atomic E-state index is 11.1. The van der Waals surface area contributed by atoms with E-state index in [-0.39, 0.29) is 5.70 Å². The van der Waals surface area contributed by atoms with Crippen LogP contribution < -0.4 is 10.6 Å². The highest BCUT2D eigenvalue weighted by Gasteiger charge is 2.22. The molecular weight excluding hydrogens is 184 g/mol. The number of aromatic nitrogens is 2. The van der Waals surface area contributed by atoms with Gasteiger partial charge in [0.1, 0.15) is 5.70 Å². The van der Waals surface area contributed by atoms with Crippen LogP contribution >= 0.6 is 0 Å². The fourth-order valence-corrected chi connectivity index (χ4v) is 1.16. The number of hydrogen-bond donors (Lipinski definition) is 2. The van der Waals surface area contributed by atoms with E-state index in [1.54, 1.807) is 30.2 Å². The van der Waals surface area contributed by atoms with E-state index < -0.39 is 11.9 Å². The third kappa shape index (κ3) is 1.49. The number of rotatable bonds is 1. The van der Waals surface area contributed by atoms with Gasteiger partial charge < -0.3 is 5.32 Å². The topological polar surface area (TPSA) is 76.0 Å². The minimum atomic E-state index is -0.495. The van der Waals surface area contributed by atoms with Crippen LogP contribution in [-0.4, -0.2) is 21.7 Å². The molecule has 2 heterocycles. The maximum atomic E-state index is 11.1. The summed E-state index contributed by atoms with van der Waals surface area (Å²) >= 11 is 0. The van der Waals surface area contributed by atoms with Crippen LogP contribution in [0.4, 0.5) is 4.79 Å². The summed E-state index contributed by atoms with van der Waals surface area (Å²) in [5.41, 5.74) is 1.00. The van der Waals surface area contributed by atoms with Gasteiger partial charge in [-0.1, -0.05) is 0 Å². The first kappa shape index (κ1) is 8.49. The lowest BCUT2D eigenvalue weighted by Gasteiger charge is -1.90. The zero-order chi connectivity index (χ0) is 10.1. The Morgan fingerprint density at radius 2 is 2.21 bits per heavy atom. The second-order valence-corrected chi connectivity index (χ2v) is 2.91. The van der Waals surface area contributed by atoms with E-state index in [9.17, 15) is 9.59 Å². The molecule has 0 aliphatic carbocycles. The highest BCUT2D eigenvalue weighted by atomic mass is 16.2. The number of carbonyl (C=O) groups excluding carboxylic acids is 2. The van der Waals surface area contributed by atoms with E-state index in [4.69, 9.17) is 0 Å². The molecule has 2 rings (SSSR count). The Balaban J connectivity index is 2.27. The van der Waals surface area contributed by atoms with E-state index in [1.807, 2.05) is 0 Å². The number of urea groups is 1. The predicted molar refractivity (Wildman–Crippen MR) is 47.9 cm³/mol. The van der Waals surface area contributed by atoms with Gasteiger partial charge in [0, 0.05) is 18.8 Å². The number of nitrogens with zero attached hydrogens (tertiary/aromatic N) is 2. The minimum absolute atomic E-state index is 0.239. The number of amides is 3. The van der Waals surface area contributed by atoms with Crippen molar-refractivity contribution in [2.24, 2.45) is 7.05 Å². The van der Waals surface area contributed by atoms with Gasteiger partial charge in [-0.15, -0.1) is 0 Å². The molecule has 0 saturated carbocycles. The number of carbonyl (C=O) groups is 2. The van der Waals surface area contributed by atoms with E-state index >= 15 is 0 Å². The molecular formula is C8H8N4O2. The Hall–Kier alpha value is -2.11. The number of aryl methyl sites for hydroxylation is 1. The largest absolute Gasteiger partial charge is 0.326 e. The highest BCUT2D eigenvalue weighted by Crippen LogP contribution is 2.06. The molecule has 3 amide bonds. The number of imide groups is 1. The van der Waals surface area contributed by atoms with Gasteiger partial charge in [0.05, 0.1) is 6.20 Å². The van der Waals surface area contributed by atoms with Crippen molar-refractivity contribution in [1.29, 1.82) is 0 Å². The van der Waals surface area contributed by atoms with E-state index in [0.29, 0.717) is 0 Å². The van der Waals surface area contributed by atoms with Crippen molar-refractivity contribution >= 4 is 18.0 Å². The molecule has 0 atom stereocenters. The molecule has 1 aliphatic rings. The Bertz CT molecular complexity index is 432. The summed E-state index contributed by atoms with van der Waals surface area (Å²) in [6.07, 6.45) is 4.91. The highest BCUT2D eigenvalue weighted by molar-refractivity contribution is 6.13. The first-order chi connectivity index (χ1) is 6.65. The maximum Gasteiger partial charge on any atom is 0.326 e. The summed E-state index contributed by atoms with van der Waals surface area (Å²) in [4.78, 5) is 21.9. The molecule has 0 radical (unpaired) electrons. The summed E-state index contributed by atoms with van der Waals surface area (Å²) in [5.74, 6) is -0.418. The van der Waals surface area contributed by atoms with E-state index in [0.717, 1.165) is 5.56 Å². The normalized spacial score (nSPS) is 18.5. The molecule has 0 bridgehead atoms. The second kappa shape index (κ2) is 2.99. The zero-order valence-corrected chi connectivity index (χ0v) is 7.44. The van der Waals surface area contributed by atoms with Crippen LogP contribution in [0.2, 0.25) is 0 Å². The van der Waals surface area contributed by atoms with Gasteiger partial charge in [0.25, 0.3) is 5.91 Å². The fourth-order valence-electron chi connectivity index (χ4n) is 1.16. The Kier molecular flexibility index (Phi) is 1.81. The fraction of sp³-hybridized carbons (Fsp3) is 0.125. The van der Waals surface area contributed by atoms with Crippen molar-refractivity contribution in [3.05, 3.63) is 23.7 Å². The molecule has 1 fully saturated rings. The summed E-state index contributed by atoms with van der Waals surface area (Å²) in [6, 6.07) is -0.495. The van der Waals surface area contributed by atoms with Crippen LogP contribution in [0.3, 0.4) is 0 Å². The zero-order valence-electron chi connectivity index (χ0n) is 7.44.